The number of ether oxygens (including phenoxy) is 2. The third-order valence-corrected chi connectivity index (χ3v) is 4.68. The van der Waals surface area contributed by atoms with Gasteiger partial charge in [0.25, 0.3) is 0 Å². The van der Waals surface area contributed by atoms with Crippen LogP contribution in [0.1, 0.15) is 36.8 Å². The van der Waals surface area contributed by atoms with Gasteiger partial charge in [0.2, 0.25) is 0 Å². The Kier molecular flexibility index (Phi) is 3.87. The number of hydrogen-bond donors (Lipinski definition) is 1. The molecule has 0 aliphatic heterocycles. The molecule has 1 aromatic carbocycles. The summed E-state index contributed by atoms with van der Waals surface area (Å²) in [6, 6.07) is 1.94. The molecule has 0 unspecified atom stereocenters. The molecule has 0 saturated heterocycles. The molecule has 1 fully saturated rings. The van der Waals surface area contributed by atoms with Gasteiger partial charge in [-0.1, -0.05) is 28.8 Å². The molecule has 0 heterocycles. The second kappa shape index (κ2) is 5.10. The molecule has 0 radical (unpaired) electrons. The molecule has 4 heteroatoms. The van der Waals surface area contributed by atoms with Crippen LogP contribution in [0.3, 0.4) is 0 Å². The van der Waals surface area contributed by atoms with Gasteiger partial charge < -0.3 is 15.2 Å². The van der Waals surface area contributed by atoms with Crippen LogP contribution in [0.25, 0.3) is 0 Å². The summed E-state index contributed by atoms with van der Waals surface area (Å²) in [6.07, 6.45) is 4.36. The van der Waals surface area contributed by atoms with E-state index < -0.39 is 0 Å². The highest BCUT2D eigenvalue weighted by atomic mass is 79.9. The van der Waals surface area contributed by atoms with Crippen LogP contribution in [0.15, 0.2) is 10.5 Å². The molecule has 1 aliphatic rings. The van der Waals surface area contributed by atoms with Crippen LogP contribution in [0.2, 0.25) is 0 Å². The Bertz CT molecular complexity index is 454. The Morgan fingerprint density at radius 1 is 1.22 bits per heavy atom. The summed E-state index contributed by atoms with van der Waals surface area (Å²) in [5.41, 5.74) is 8.55. The van der Waals surface area contributed by atoms with Gasteiger partial charge in [0.05, 0.1) is 14.2 Å². The van der Waals surface area contributed by atoms with E-state index in [1.165, 1.54) is 12.8 Å². The first kappa shape index (κ1) is 13.7. The molecule has 0 amide bonds. The van der Waals surface area contributed by atoms with Gasteiger partial charge in [0, 0.05) is 15.6 Å². The van der Waals surface area contributed by atoms with Crippen molar-refractivity contribution in [3.05, 3.63) is 21.7 Å². The molecule has 1 saturated carbocycles. The summed E-state index contributed by atoms with van der Waals surface area (Å²) < 4.78 is 12.0. The Labute approximate surface area is 117 Å². The normalized spacial score (nSPS) is 17.8. The van der Waals surface area contributed by atoms with E-state index in [-0.39, 0.29) is 5.54 Å². The van der Waals surface area contributed by atoms with Gasteiger partial charge in [-0.25, -0.2) is 0 Å². The first-order chi connectivity index (χ1) is 8.53. The molecule has 0 aromatic heterocycles. The smallest absolute Gasteiger partial charge is 0.166 e. The highest BCUT2D eigenvalue weighted by molar-refractivity contribution is 9.10. The maximum absolute atomic E-state index is 6.59. The topological polar surface area (TPSA) is 44.5 Å². The monoisotopic (exact) mass is 313 g/mol. The van der Waals surface area contributed by atoms with Gasteiger partial charge >= 0.3 is 0 Å². The van der Waals surface area contributed by atoms with Crippen molar-refractivity contribution in [2.24, 2.45) is 5.73 Å². The van der Waals surface area contributed by atoms with Crippen LogP contribution in [0, 0.1) is 6.92 Å². The first-order valence-electron chi connectivity index (χ1n) is 6.24. The quantitative estimate of drug-likeness (QED) is 0.928. The minimum atomic E-state index is -0.285. The molecule has 3 nitrogen and oxygen atoms in total. The van der Waals surface area contributed by atoms with Crippen molar-refractivity contribution in [3.8, 4) is 11.5 Å². The average molecular weight is 314 g/mol. The SMILES string of the molecule is COc1cc(Br)c(C)c(C2(N)CCCC2)c1OC. The van der Waals surface area contributed by atoms with Gasteiger partial charge in [-0.05, 0) is 31.4 Å². The molecule has 1 aliphatic carbocycles. The third-order valence-electron chi connectivity index (χ3n) is 3.86. The van der Waals surface area contributed by atoms with Gasteiger partial charge in [-0.3, -0.25) is 0 Å². The van der Waals surface area contributed by atoms with Gasteiger partial charge in [-0.15, -0.1) is 0 Å². The summed E-state index contributed by atoms with van der Waals surface area (Å²) >= 11 is 3.58. The van der Waals surface area contributed by atoms with Crippen molar-refractivity contribution >= 4 is 15.9 Å². The average Bonchev–Trinajstić information content (AvgIpc) is 2.79. The Hall–Kier alpha value is -0.740. The van der Waals surface area contributed by atoms with Crippen molar-refractivity contribution in [1.82, 2.24) is 0 Å². The first-order valence-corrected chi connectivity index (χ1v) is 7.03. The fourth-order valence-electron chi connectivity index (χ4n) is 2.91. The maximum atomic E-state index is 6.59. The number of benzene rings is 1. The van der Waals surface area contributed by atoms with Crippen LogP contribution in [-0.2, 0) is 5.54 Å². The summed E-state index contributed by atoms with van der Waals surface area (Å²) in [5, 5.41) is 0. The highest BCUT2D eigenvalue weighted by Crippen LogP contribution is 2.47. The van der Waals surface area contributed by atoms with E-state index in [1.54, 1.807) is 14.2 Å². The van der Waals surface area contributed by atoms with E-state index in [9.17, 15) is 0 Å². The summed E-state index contributed by atoms with van der Waals surface area (Å²) in [6.45, 7) is 2.08. The number of rotatable bonds is 3. The van der Waals surface area contributed by atoms with Crippen LogP contribution >= 0.6 is 15.9 Å². The lowest BCUT2D eigenvalue weighted by molar-refractivity contribution is 0.336. The summed E-state index contributed by atoms with van der Waals surface area (Å²) in [4.78, 5) is 0. The highest BCUT2D eigenvalue weighted by Gasteiger charge is 2.37. The lowest BCUT2D eigenvalue weighted by atomic mass is 9.85. The Morgan fingerprint density at radius 2 is 1.83 bits per heavy atom. The van der Waals surface area contributed by atoms with Crippen LogP contribution in [-0.4, -0.2) is 14.2 Å². The zero-order valence-corrected chi connectivity index (χ0v) is 12.8. The molecular weight excluding hydrogens is 294 g/mol. The third kappa shape index (κ3) is 2.12. The molecule has 0 spiro atoms. The predicted molar refractivity (Wildman–Crippen MR) is 76.3 cm³/mol. The van der Waals surface area contributed by atoms with E-state index in [1.807, 2.05) is 6.07 Å². The minimum absolute atomic E-state index is 0.285. The van der Waals surface area contributed by atoms with E-state index in [0.29, 0.717) is 0 Å². The molecule has 1 aromatic rings. The van der Waals surface area contributed by atoms with Gasteiger partial charge in [0.1, 0.15) is 0 Å². The molecule has 18 heavy (non-hydrogen) atoms. The van der Waals surface area contributed by atoms with Crippen molar-refractivity contribution in [1.29, 1.82) is 0 Å². The largest absolute Gasteiger partial charge is 0.493 e. The maximum Gasteiger partial charge on any atom is 0.166 e. The van der Waals surface area contributed by atoms with Crippen LogP contribution < -0.4 is 15.2 Å². The zero-order chi connectivity index (χ0) is 13.3. The second-order valence-corrected chi connectivity index (χ2v) is 5.81. The van der Waals surface area contributed by atoms with Crippen LogP contribution in [0.5, 0.6) is 11.5 Å². The fraction of sp³-hybridized carbons (Fsp3) is 0.571. The molecule has 0 bridgehead atoms. The summed E-state index contributed by atoms with van der Waals surface area (Å²) in [5.74, 6) is 1.52. The molecule has 2 N–H and O–H groups in total. The van der Waals surface area contributed by atoms with Crippen LogP contribution in [0.4, 0.5) is 0 Å². The molecule has 100 valence electrons. The number of methoxy groups -OCH3 is 2. The zero-order valence-electron chi connectivity index (χ0n) is 11.2. The van der Waals surface area contributed by atoms with E-state index in [4.69, 9.17) is 15.2 Å². The number of nitrogens with two attached hydrogens (primary N) is 1. The van der Waals surface area contributed by atoms with E-state index >= 15 is 0 Å². The number of hydrogen-bond acceptors (Lipinski definition) is 3. The van der Waals surface area contributed by atoms with E-state index in [0.717, 1.165) is 39.9 Å². The predicted octanol–water partition coefficient (Wildman–Crippen LogP) is 3.50. The van der Waals surface area contributed by atoms with Crippen molar-refractivity contribution in [2.75, 3.05) is 14.2 Å². The second-order valence-electron chi connectivity index (χ2n) is 4.96. The Balaban J connectivity index is 2.66. The molecule has 0 atom stereocenters. The molecule has 2 rings (SSSR count). The van der Waals surface area contributed by atoms with Crippen molar-refractivity contribution in [3.63, 3.8) is 0 Å². The lowest BCUT2D eigenvalue weighted by Gasteiger charge is -2.29. The lowest BCUT2D eigenvalue weighted by Crippen LogP contribution is -2.34. The number of halogens is 1. The Morgan fingerprint density at radius 3 is 2.33 bits per heavy atom. The summed E-state index contributed by atoms with van der Waals surface area (Å²) in [7, 11) is 3.33. The van der Waals surface area contributed by atoms with E-state index in [2.05, 4.69) is 22.9 Å². The van der Waals surface area contributed by atoms with Gasteiger partial charge in [0.15, 0.2) is 11.5 Å². The van der Waals surface area contributed by atoms with Crippen molar-refractivity contribution in [2.45, 2.75) is 38.1 Å². The fourth-order valence-corrected chi connectivity index (χ4v) is 3.32. The minimum Gasteiger partial charge on any atom is -0.493 e. The standard InChI is InChI=1S/C14H20BrNO2/c1-9-10(15)8-11(17-2)13(18-3)12(9)14(16)6-4-5-7-14/h8H,4-7,16H2,1-3H3. The molecular formula is C14H20BrNO2. The van der Waals surface area contributed by atoms with Crippen molar-refractivity contribution < 1.29 is 9.47 Å². The van der Waals surface area contributed by atoms with Gasteiger partial charge in [-0.2, -0.15) is 0 Å².